The molecule has 0 spiro atoms. The van der Waals surface area contributed by atoms with Crippen LogP contribution < -0.4 is 10.6 Å². The molecule has 0 aliphatic heterocycles. The second kappa shape index (κ2) is 6.71. The zero-order valence-corrected chi connectivity index (χ0v) is 11.2. The summed E-state index contributed by atoms with van der Waals surface area (Å²) in [5, 5.41) is 24.8. The number of amides is 2. The quantitative estimate of drug-likeness (QED) is 0.674. The molecule has 0 aromatic heterocycles. The highest BCUT2D eigenvalue weighted by atomic mass is 16.4. The molecule has 1 atom stereocenters. The highest BCUT2D eigenvalue weighted by Gasteiger charge is 2.12. The molecule has 0 aliphatic rings. The summed E-state index contributed by atoms with van der Waals surface area (Å²) in [6, 6.07) is 12.9. The average Bonchev–Trinajstić information content (AvgIpc) is 2.46. The van der Waals surface area contributed by atoms with E-state index in [1.54, 1.807) is 6.07 Å². The number of fused-ring (bicyclic) bond motifs is 1. The molecule has 0 saturated carbocycles. The Morgan fingerprint density at radius 1 is 1.10 bits per heavy atom. The Kier molecular flexibility index (Phi) is 4.73. The third-order valence-corrected chi connectivity index (χ3v) is 3.00. The van der Waals surface area contributed by atoms with E-state index in [4.69, 9.17) is 10.2 Å². The van der Waals surface area contributed by atoms with Gasteiger partial charge in [-0.1, -0.05) is 30.3 Å². The lowest BCUT2D eigenvalue weighted by atomic mass is 10.1. The molecular formula is C15H16N2O4. The molecule has 0 fully saturated rings. The molecule has 4 N–H and O–H groups in total. The van der Waals surface area contributed by atoms with Crippen molar-refractivity contribution in [2.75, 3.05) is 11.9 Å². The van der Waals surface area contributed by atoms with Crippen molar-refractivity contribution in [1.82, 2.24) is 5.32 Å². The molecule has 0 heterocycles. The van der Waals surface area contributed by atoms with Gasteiger partial charge in [0, 0.05) is 18.7 Å². The van der Waals surface area contributed by atoms with Gasteiger partial charge in [-0.15, -0.1) is 0 Å². The molecule has 2 amide bonds. The Hall–Kier alpha value is -2.60. The molecule has 110 valence electrons. The summed E-state index contributed by atoms with van der Waals surface area (Å²) < 4.78 is 0. The highest BCUT2D eigenvalue weighted by molar-refractivity contribution is 5.93. The van der Waals surface area contributed by atoms with Crippen LogP contribution in [-0.2, 0) is 4.79 Å². The minimum absolute atomic E-state index is 0.0412. The van der Waals surface area contributed by atoms with Gasteiger partial charge in [-0.25, -0.2) is 9.59 Å². The number of nitrogens with one attached hydrogen (secondary N) is 2. The van der Waals surface area contributed by atoms with Crippen LogP contribution >= 0.6 is 0 Å². The van der Waals surface area contributed by atoms with Crippen molar-refractivity contribution in [3.05, 3.63) is 42.5 Å². The topological polar surface area (TPSA) is 98.7 Å². The Labute approximate surface area is 121 Å². The number of carboxylic acids is 1. The van der Waals surface area contributed by atoms with E-state index in [-0.39, 0.29) is 13.0 Å². The van der Waals surface area contributed by atoms with E-state index >= 15 is 0 Å². The average molecular weight is 288 g/mol. The number of aliphatic carboxylic acids is 1. The van der Waals surface area contributed by atoms with Gasteiger partial charge in [-0.2, -0.15) is 0 Å². The van der Waals surface area contributed by atoms with Crippen LogP contribution in [-0.4, -0.2) is 34.9 Å². The standard InChI is InChI=1S/C15H16N2O4/c18-13(14(19)20)7-8-16-15(21)17-12-6-5-10-3-1-2-4-11(10)9-12/h1-6,9,13,18H,7-8H2,(H,19,20)(H2,16,17,21)/t13-/m0/s1. The second-order valence-electron chi connectivity index (χ2n) is 4.59. The zero-order chi connectivity index (χ0) is 15.2. The van der Waals surface area contributed by atoms with E-state index in [1.807, 2.05) is 36.4 Å². The van der Waals surface area contributed by atoms with Crippen LogP contribution in [0.15, 0.2) is 42.5 Å². The number of hydrogen-bond donors (Lipinski definition) is 4. The van der Waals surface area contributed by atoms with Gasteiger partial charge in [0.05, 0.1) is 0 Å². The molecule has 6 heteroatoms. The maximum Gasteiger partial charge on any atom is 0.332 e. The van der Waals surface area contributed by atoms with Crippen LogP contribution in [0.2, 0.25) is 0 Å². The van der Waals surface area contributed by atoms with Crippen molar-refractivity contribution in [1.29, 1.82) is 0 Å². The van der Waals surface area contributed by atoms with Crippen LogP contribution in [0.3, 0.4) is 0 Å². The first-order valence-corrected chi connectivity index (χ1v) is 6.51. The highest BCUT2D eigenvalue weighted by Crippen LogP contribution is 2.18. The third-order valence-electron chi connectivity index (χ3n) is 3.00. The van der Waals surface area contributed by atoms with Crippen molar-refractivity contribution in [2.24, 2.45) is 0 Å². The van der Waals surface area contributed by atoms with Crippen LogP contribution in [0.4, 0.5) is 10.5 Å². The Bertz CT molecular complexity index is 657. The number of carboxylic acid groups (broad SMARTS) is 1. The fourth-order valence-corrected chi connectivity index (χ4v) is 1.89. The van der Waals surface area contributed by atoms with E-state index < -0.39 is 18.1 Å². The van der Waals surface area contributed by atoms with Gasteiger partial charge in [0.25, 0.3) is 0 Å². The lowest BCUT2D eigenvalue weighted by Crippen LogP contribution is -2.33. The van der Waals surface area contributed by atoms with Crippen molar-refractivity contribution in [3.63, 3.8) is 0 Å². The number of aliphatic hydroxyl groups excluding tert-OH is 1. The van der Waals surface area contributed by atoms with Gasteiger partial charge < -0.3 is 20.8 Å². The zero-order valence-electron chi connectivity index (χ0n) is 11.2. The van der Waals surface area contributed by atoms with Gasteiger partial charge >= 0.3 is 12.0 Å². The van der Waals surface area contributed by atoms with E-state index in [9.17, 15) is 9.59 Å². The molecule has 2 aromatic carbocycles. The van der Waals surface area contributed by atoms with Crippen molar-refractivity contribution in [2.45, 2.75) is 12.5 Å². The maximum atomic E-state index is 11.6. The van der Waals surface area contributed by atoms with Crippen LogP contribution in [0.25, 0.3) is 10.8 Å². The molecular weight excluding hydrogens is 272 g/mol. The van der Waals surface area contributed by atoms with Gasteiger partial charge in [0.2, 0.25) is 0 Å². The van der Waals surface area contributed by atoms with Crippen molar-refractivity contribution >= 4 is 28.5 Å². The summed E-state index contributed by atoms with van der Waals surface area (Å²) in [7, 11) is 0. The molecule has 0 radical (unpaired) electrons. The van der Waals surface area contributed by atoms with Gasteiger partial charge in [0.1, 0.15) is 0 Å². The fraction of sp³-hybridized carbons (Fsp3) is 0.200. The fourth-order valence-electron chi connectivity index (χ4n) is 1.89. The number of carbonyl (C=O) groups excluding carboxylic acids is 1. The first-order valence-electron chi connectivity index (χ1n) is 6.51. The van der Waals surface area contributed by atoms with Gasteiger partial charge in [0.15, 0.2) is 6.10 Å². The molecule has 2 rings (SSSR count). The predicted octanol–water partition coefficient (Wildman–Crippen LogP) is 1.80. The van der Waals surface area contributed by atoms with Crippen LogP contribution in [0, 0.1) is 0 Å². The minimum atomic E-state index is -1.47. The molecule has 2 aromatic rings. The van der Waals surface area contributed by atoms with Gasteiger partial charge in [-0.05, 0) is 22.9 Å². The summed E-state index contributed by atoms with van der Waals surface area (Å²) in [5.74, 6) is -1.30. The number of carbonyl (C=O) groups is 2. The monoisotopic (exact) mass is 288 g/mol. The summed E-state index contributed by atoms with van der Waals surface area (Å²) in [5.41, 5.74) is 0.644. The van der Waals surface area contributed by atoms with E-state index in [1.165, 1.54) is 0 Å². The molecule has 0 saturated heterocycles. The number of aliphatic hydroxyl groups is 1. The molecule has 0 bridgehead atoms. The van der Waals surface area contributed by atoms with Crippen molar-refractivity contribution in [3.8, 4) is 0 Å². The Morgan fingerprint density at radius 2 is 1.81 bits per heavy atom. The number of anilines is 1. The summed E-state index contributed by atoms with van der Waals surface area (Å²) >= 11 is 0. The molecule has 6 nitrogen and oxygen atoms in total. The first kappa shape index (κ1) is 14.8. The van der Waals surface area contributed by atoms with E-state index in [0.29, 0.717) is 5.69 Å². The molecule has 0 unspecified atom stereocenters. The smallest absolute Gasteiger partial charge is 0.332 e. The SMILES string of the molecule is O=C(NCC[C@H](O)C(=O)O)Nc1ccc2ccccc2c1. The number of rotatable bonds is 5. The number of hydrogen-bond acceptors (Lipinski definition) is 3. The summed E-state index contributed by atoms with van der Waals surface area (Å²) in [6.45, 7) is 0.0763. The summed E-state index contributed by atoms with van der Waals surface area (Å²) in [4.78, 5) is 22.1. The number of urea groups is 1. The Balaban J connectivity index is 1.88. The third kappa shape index (κ3) is 4.19. The lowest BCUT2D eigenvalue weighted by Gasteiger charge is -2.09. The largest absolute Gasteiger partial charge is 0.479 e. The van der Waals surface area contributed by atoms with Gasteiger partial charge in [-0.3, -0.25) is 0 Å². The first-order chi connectivity index (χ1) is 10.1. The predicted molar refractivity (Wildman–Crippen MR) is 79.2 cm³/mol. The van der Waals surface area contributed by atoms with E-state index in [0.717, 1.165) is 10.8 Å². The molecule has 0 aliphatic carbocycles. The molecule has 21 heavy (non-hydrogen) atoms. The van der Waals surface area contributed by atoms with Crippen molar-refractivity contribution < 1.29 is 19.8 Å². The Morgan fingerprint density at radius 3 is 2.52 bits per heavy atom. The summed E-state index contributed by atoms with van der Waals surface area (Å²) in [6.07, 6.45) is -1.51. The normalized spacial score (nSPS) is 11.9. The van der Waals surface area contributed by atoms with Crippen LogP contribution in [0.5, 0.6) is 0 Å². The minimum Gasteiger partial charge on any atom is -0.479 e. The maximum absolute atomic E-state index is 11.6. The number of benzene rings is 2. The van der Waals surface area contributed by atoms with Crippen LogP contribution in [0.1, 0.15) is 6.42 Å². The lowest BCUT2D eigenvalue weighted by molar-refractivity contribution is -0.146. The second-order valence-corrected chi connectivity index (χ2v) is 4.59. The van der Waals surface area contributed by atoms with E-state index in [2.05, 4.69) is 10.6 Å².